The third kappa shape index (κ3) is 25.7. The molecule has 720 valence electrons. The van der Waals surface area contributed by atoms with Crippen LogP contribution in [-0.4, -0.2) is 315 Å². The standard InChI is InChI=1S/C20H25N5O3S.C19H23N5O2S.2C18H22N6O2S.C17H24N6O2S/c1-13-12-28-9-8-25(13)18-11-17(24-29(3,4)26)22-20(23-18)15-10-19(27-2)21-16-7-5-6-14(15)16;1-13-12-26-8-7-24(13)18-9-17(23-27(2,3)25)21-19(22-18)15-6-4-5-14-10-20-11-16(14)15;1-12-11-26-9-8-24(12)16-10-15(23-27(2,3)25)21-18(22-16)13-4-6-19-14-5-7-20-17(13)14;1-12-11-26-7-6-24(12)17-8-16(23-27(2,3)25)21-18(22-17)13-4-5-20-15-10-19-9-14(13)15;1-12-11-25-8-7-23(12)16-10-15(22-26(3,4)24)20-17(21-16)13-5-6-19-14(9-13)18-2/h5-6,10-11,13H,7-9,12H2,1-4H3;4-6,9,11,13H,7-8,10,12H2,1-3H3;4,6-7,10,12H,5,8-9,11H2,1-3H3;4-5,8-9,12H,6-7,10-11H2,1-3H3;5-6,9-10,12H,7-8,11H2,1-4H3,(H,18,19)/t2*13-;3*12-/m11111/s1. The lowest BCUT2D eigenvalue weighted by Gasteiger charge is -2.34. The minimum atomic E-state index is -2.37. The van der Waals surface area contributed by atoms with Gasteiger partial charge >= 0.3 is 0 Å². The molecule has 39 nitrogen and oxygen atoms in total. The first-order chi connectivity index (χ1) is 64.9. The second kappa shape index (κ2) is 42.8. The van der Waals surface area contributed by atoms with Crippen LogP contribution in [0, 0.1) is 0 Å². The molecule has 10 aromatic rings. The van der Waals surface area contributed by atoms with Gasteiger partial charge in [-0.05, 0) is 64.4 Å². The minimum absolute atomic E-state index is 0.171. The molecular weight excluding hydrogens is 1830 g/mol. The molecule has 0 bridgehead atoms. The SMILES string of the molecule is CNc1cc(-c2nc(N=S(C)(C)=O)cc(N3CCOC[C@H]3C)n2)ccn1.COc1cc(-c2nc(N=S(C)(C)=O)cc(N3CCOC[C@H]3C)n2)c2c(n1)CC=C2.C[C@@H]1COCCN1c1cc(N=S(C)(C)=O)nc(-c2cccc3c2C=NC3)n1.C[C@@H]1COCCN1c1cc(N=S(C)(C)=O)nc(-c2ccnc3c2C=NC3)n1.C[C@@H]1COCCN1c1cc(N=S(C)(C)=O)nc(-c2ccnc3c2N=CC3)n1. The number of ether oxygens (including phenoxy) is 6. The molecule has 9 aromatic heterocycles. The van der Waals surface area contributed by atoms with E-state index >= 15 is 0 Å². The monoisotopic (exact) mass is 1950 g/mol. The van der Waals surface area contributed by atoms with E-state index in [9.17, 15) is 21.0 Å². The van der Waals surface area contributed by atoms with Crippen molar-refractivity contribution in [2.75, 3.05) is 205 Å². The van der Waals surface area contributed by atoms with Crippen molar-refractivity contribution in [3.63, 3.8) is 0 Å². The minimum Gasteiger partial charge on any atom is -0.481 e. The van der Waals surface area contributed by atoms with Gasteiger partial charge in [-0.3, -0.25) is 24.9 Å². The van der Waals surface area contributed by atoms with Crippen LogP contribution in [0.2, 0.25) is 0 Å². The van der Waals surface area contributed by atoms with E-state index in [0.717, 1.165) is 147 Å². The van der Waals surface area contributed by atoms with Crippen LogP contribution in [0.1, 0.15) is 74.0 Å². The number of methoxy groups -OCH3 is 1. The molecule has 0 radical (unpaired) electrons. The number of rotatable bonds is 17. The van der Waals surface area contributed by atoms with Crippen LogP contribution in [0.25, 0.3) is 63.0 Å². The van der Waals surface area contributed by atoms with Crippen LogP contribution >= 0.6 is 0 Å². The maximum Gasteiger partial charge on any atom is 0.213 e. The largest absolute Gasteiger partial charge is 0.481 e. The average Bonchev–Trinajstić information content (AvgIpc) is 1.94. The molecule has 5 fully saturated rings. The molecule has 5 saturated heterocycles. The summed E-state index contributed by atoms with van der Waals surface area (Å²) in [6.07, 6.45) is 32.3. The molecule has 136 heavy (non-hydrogen) atoms. The van der Waals surface area contributed by atoms with Crippen molar-refractivity contribution in [3.05, 3.63) is 143 Å². The van der Waals surface area contributed by atoms with Crippen molar-refractivity contribution in [3.8, 4) is 62.8 Å². The van der Waals surface area contributed by atoms with Gasteiger partial charge in [0.15, 0.2) is 58.2 Å². The number of nitrogens with zero attached hydrogens (tertiary/aromatic N) is 27. The van der Waals surface area contributed by atoms with Gasteiger partial charge in [0.2, 0.25) is 5.88 Å². The van der Waals surface area contributed by atoms with E-state index in [2.05, 4.69) is 158 Å². The molecule has 0 amide bonds. The van der Waals surface area contributed by atoms with E-state index < -0.39 is 48.6 Å². The van der Waals surface area contributed by atoms with E-state index in [1.165, 1.54) is 0 Å². The Morgan fingerprint density at radius 2 is 0.772 bits per heavy atom. The summed E-state index contributed by atoms with van der Waals surface area (Å²) in [5, 5.41) is 3.01. The zero-order valence-electron chi connectivity index (χ0n) is 79.6. The van der Waals surface area contributed by atoms with Crippen molar-refractivity contribution in [1.82, 2.24) is 69.8 Å². The molecule has 9 aliphatic rings. The van der Waals surface area contributed by atoms with Gasteiger partial charge in [-0.1, -0.05) is 30.4 Å². The molecule has 1 aromatic carbocycles. The lowest BCUT2D eigenvalue weighted by atomic mass is 10.0. The van der Waals surface area contributed by atoms with Crippen LogP contribution in [0.3, 0.4) is 0 Å². The Bertz CT molecular complexity index is 6550. The summed E-state index contributed by atoms with van der Waals surface area (Å²) < 4.78 is 116. The van der Waals surface area contributed by atoms with Gasteiger partial charge in [0.1, 0.15) is 34.9 Å². The van der Waals surface area contributed by atoms with Crippen molar-refractivity contribution in [2.45, 2.75) is 90.8 Å². The molecule has 5 atom stereocenters. The van der Waals surface area contributed by atoms with Crippen LogP contribution in [0.5, 0.6) is 5.88 Å². The van der Waals surface area contributed by atoms with Crippen molar-refractivity contribution in [1.29, 1.82) is 0 Å². The maximum atomic E-state index is 12.3. The number of allylic oxidation sites excluding steroid dienone is 1. The number of aromatic nitrogens is 14. The molecular formula is C92H116N28O11S5. The molecule has 1 aliphatic carbocycles. The van der Waals surface area contributed by atoms with Crippen LogP contribution in [0.4, 0.5) is 69.7 Å². The maximum absolute atomic E-state index is 12.3. The lowest BCUT2D eigenvalue weighted by Crippen LogP contribution is -2.44. The summed E-state index contributed by atoms with van der Waals surface area (Å²) in [6, 6.07) is 25.3. The van der Waals surface area contributed by atoms with Gasteiger partial charge in [0.05, 0.1) is 139 Å². The predicted octanol–water partition coefficient (Wildman–Crippen LogP) is 12.0. The number of anilines is 6. The highest BCUT2D eigenvalue weighted by atomic mass is 32.2. The Balaban J connectivity index is 0.000000129. The number of benzene rings is 1. The highest BCUT2D eigenvalue weighted by Gasteiger charge is 2.31. The molecule has 0 unspecified atom stereocenters. The van der Waals surface area contributed by atoms with Gasteiger partial charge in [-0.25, -0.2) is 80.9 Å². The Morgan fingerprint density at radius 1 is 0.390 bits per heavy atom. The van der Waals surface area contributed by atoms with E-state index in [1.807, 2.05) is 80.3 Å². The van der Waals surface area contributed by atoms with E-state index in [4.69, 9.17) is 53.3 Å². The van der Waals surface area contributed by atoms with E-state index in [-0.39, 0.29) is 30.2 Å². The summed E-state index contributed by atoms with van der Waals surface area (Å²) in [7, 11) is -8.33. The number of nitrogens with one attached hydrogen (secondary N) is 1. The first-order valence-electron chi connectivity index (χ1n) is 44.4. The molecule has 19 rings (SSSR count). The smallest absolute Gasteiger partial charge is 0.213 e. The summed E-state index contributed by atoms with van der Waals surface area (Å²) in [5.74, 6) is 9.85. The van der Waals surface area contributed by atoms with Crippen molar-refractivity contribution >= 4 is 143 Å². The fourth-order valence-electron chi connectivity index (χ4n) is 16.1. The lowest BCUT2D eigenvalue weighted by molar-refractivity contribution is 0.0985. The second-order valence-corrected chi connectivity index (χ2v) is 47.8. The van der Waals surface area contributed by atoms with Gasteiger partial charge in [0, 0.05) is 282 Å². The first-order valence-corrected chi connectivity index (χ1v) is 56.1. The summed E-state index contributed by atoms with van der Waals surface area (Å²) in [6.45, 7) is 21.8. The molecule has 17 heterocycles. The Kier molecular flexibility index (Phi) is 31.0. The van der Waals surface area contributed by atoms with Crippen molar-refractivity contribution in [2.24, 2.45) is 36.8 Å². The third-order valence-corrected chi connectivity index (χ3v) is 25.4. The number of hydrogen-bond acceptors (Lipinski definition) is 39. The molecule has 1 N–H and O–H groups in total. The quantitative estimate of drug-likeness (QED) is 0.0884. The Labute approximate surface area is 795 Å². The van der Waals surface area contributed by atoms with Gasteiger partial charge in [-0.2, -0.15) is 21.8 Å². The van der Waals surface area contributed by atoms with E-state index in [1.54, 1.807) is 113 Å². The zero-order chi connectivity index (χ0) is 96.4. The Morgan fingerprint density at radius 3 is 1.20 bits per heavy atom. The van der Waals surface area contributed by atoms with E-state index in [0.29, 0.717) is 150 Å². The molecule has 8 aliphatic heterocycles. The normalized spacial score (nSPS) is 18.8. The topological polar surface area (TPSA) is 448 Å². The fraction of sp³-hybridized carbons (Fsp3) is 0.446. The average molecular weight is 1950 g/mol. The first kappa shape index (κ1) is 98.6. The molecule has 44 heteroatoms. The summed E-state index contributed by atoms with van der Waals surface area (Å²) in [5.41, 5.74) is 11.9. The second-order valence-electron chi connectivity index (χ2n) is 35.1. The fourth-order valence-corrected chi connectivity index (χ4v) is 18.8. The van der Waals surface area contributed by atoms with Gasteiger partial charge in [-0.15, -0.1) is 0 Å². The third-order valence-electron chi connectivity index (χ3n) is 22.2. The Hall–Kier alpha value is -11.9. The summed E-state index contributed by atoms with van der Waals surface area (Å²) in [4.78, 5) is 88.4. The van der Waals surface area contributed by atoms with Crippen LogP contribution < -0.4 is 34.6 Å². The predicted molar refractivity (Wildman–Crippen MR) is 540 cm³/mol. The van der Waals surface area contributed by atoms with Gasteiger partial charge in [0.25, 0.3) is 0 Å². The van der Waals surface area contributed by atoms with Crippen molar-refractivity contribution < 1.29 is 49.5 Å². The zero-order valence-corrected chi connectivity index (χ0v) is 83.6. The number of fused-ring (bicyclic) bond motifs is 4. The number of hydrogen-bond donors (Lipinski definition) is 1. The van der Waals surface area contributed by atoms with Crippen LogP contribution in [-0.2, 0) is 98.3 Å². The van der Waals surface area contributed by atoms with Crippen LogP contribution in [0.15, 0.2) is 140 Å². The molecule has 0 spiro atoms. The molecule has 0 saturated carbocycles. The highest BCUT2D eigenvalue weighted by Crippen LogP contribution is 2.40. The highest BCUT2D eigenvalue weighted by molar-refractivity contribution is 7.93. The number of pyridine rings is 4. The number of morpholine rings is 5. The number of aliphatic imine (C=N–C) groups is 3. The van der Waals surface area contributed by atoms with Gasteiger partial charge < -0.3 is 58.2 Å². The summed E-state index contributed by atoms with van der Waals surface area (Å²) >= 11 is 0.